The molecular weight excluding hydrogens is 510 g/mol. The summed E-state index contributed by atoms with van der Waals surface area (Å²) in [6.45, 7) is 5.56. The maximum absolute atomic E-state index is 12.4. The monoisotopic (exact) mass is 561 g/mol. The van der Waals surface area contributed by atoms with Crippen LogP contribution < -0.4 is 31.7 Å². The molecule has 0 aliphatic rings. The van der Waals surface area contributed by atoms with Crippen molar-refractivity contribution in [1.82, 2.24) is 16.0 Å². The van der Waals surface area contributed by atoms with Crippen LogP contribution in [0.15, 0.2) is 24.3 Å². The number of benzene rings is 1. The van der Waals surface area contributed by atoms with Crippen molar-refractivity contribution < 1.29 is 23.9 Å². The van der Waals surface area contributed by atoms with Crippen LogP contribution in [0, 0.1) is 0 Å². The molecule has 6 N–H and O–H groups in total. The molecule has 0 spiro atoms. The lowest BCUT2D eigenvalue weighted by atomic mass is 10.1. The molecule has 1 aromatic rings. The molecule has 0 bridgehead atoms. The van der Waals surface area contributed by atoms with Gasteiger partial charge >= 0.3 is 0 Å². The number of hydrogen-bond acceptors (Lipinski definition) is 6. The van der Waals surface area contributed by atoms with Gasteiger partial charge in [0.1, 0.15) is 5.75 Å². The normalized spacial score (nSPS) is 11.3. The van der Waals surface area contributed by atoms with Gasteiger partial charge < -0.3 is 31.7 Å². The summed E-state index contributed by atoms with van der Waals surface area (Å²) in [6, 6.07) is 6.96. The van der Waals surface area contributed by atoms with E-state index < -0.39 is 23.9 Å². The Balaban J connectivity index is 2.23. The van der Waals surface area contributed by atoms with E-state index in [2.05, 4.69) is 28.2 Å². The van der Waals surface area contributed by atoms with Gasteiger partial charge in [0.15, 0.2) is 6.17 Å². The summed E-state index contributed by atoms with van der Waals surface area (Å²) in [7, 11) is 0. The lowest BCUT2D eigenvalue weighted by Gasteiger charge is -2.20. The van der Waals surface area contributed by atoms with E-state index >= 15 is 0 Å². The highest BCUT2D eigenvalue weighted by molar-refractivity contribution is 5.90. The maximum atomic E-state index is 12.4. The van der Waals surface area contributed by atoms with Gasteiger partial charge in [-0.3, -0.25) is 19.2 Å². The lowest BCUT2D eigenvalue weighted by molar-refractivity contribution is -0.129. The summed E-state index contributed by atoms with van der Waals surface area (Å²) in [4.78, 5) is 47.4. The average molecular weight is 562 g/mol. The first-order valence-corrected chi connectivity index (χ1v) is 15.0. The van der Waals surface area contributed by atoms with Crippen LogP contribution in [0.1, 0.15) is 104 Å². The summed E-state index contributed by atoms with van der Waals surface area (Å²) >= 11 is 0. The Hall–Kier alpha value is -3.30. The highest BCUT2D eigenvalue weighted by Gasteiger charge is 2.20. The zero-order valence-electron chi connectivity index (χ0n) is 24.5. The number of likely N-dealkylation sites (N-methyl/N-ethyl adjacent to an activating group) is 1. The van der Waals surface area contributed by atoms with Crippen molar-refractivity contribution in [2.45, 2.75) is 110 Å². The first-order chi connectivity index (χ1) is 19.3. The van der Waals surface area contributed by atoms with Gasteiger partial charge in [0.25, 0.3) is 5.91 Å². The van der Waals surface area contributed by atoms with Crippen LogP contribution in [0.2, 0.25) is 0 Å². The average Bonchev–Trinajstić information content (AvgIpc) is 2.93. The van der Waals surface area contributed by atoms with Gasteiger partial charge in [-0.1, -0.05) is 64.7 Å². The summed E-state index contributed by atoms with van der Waals surface area (Å²) < 4.78 is 5.73. The van der Waals surface area contributed by atoms with E-state index in [0.717, 1.165) is 19.4 Å². The quantitative estimate of drug-likeness (QED) is 0.0945. The van der Waals surface area contributed by atoms with E-state index in [1.54, 1.807) is 31.2 Å². The molecular formula is C30H51N5O5. The van der Waals surface area contributed by atoms with Crippen LogP contribution in [0.25, 0.3) is 0 Å². The maximum Gasteiger partial charge on any atom is 0.263 e. The standard InChI is InChI=1S/C30H51N5O5/c1-3-5-6-7-8-9-10-11-12-13-22-33-27(37)15-14-23-40-25-18-16-24(17-19-25)34-29(30(39)32-4-2)35-28(38)21-20-26(31)36/h16-19,29,34H,3-15,20-23H2,1-2H3,(H2,31,36)(H,32,39)(H,33,37)(H,35,38). The number of nitrogens with one attached hydrogen (secondary N) is 4. The molecule has 0 saturated heterocycles. The summed E-state index contributed by atoms with van der Waals surface area (Å²) in [6.07, 6.45) is 12.6. The molecule has 1 atom stereocenters. The summed E-state index contributed by atoms with van der Waals surface area (Å²) in [5.41, 5.74) is 5.69. The molecule has 0 aromatic heterocycles. The second-order valence-electron chi connectivity index (χ2n) is 10.0. The van der Waals surface area contributed by atoms with Gasteiger partial charge in [0.2, 0.25) is 17.7 Å². The number of amides is 4. The minimum absolute atomic E-state index is 0.0494. The molecule has 1 unspecified atom stereocenters. The highest BCUT2D eigenvalue weighted by Crippen LogP contribution is 2.17. The summed E-state index contributed by atoms with van der Waals surface area (Å²) in [5.74, 6) is -0.764. The second-order valence-corrected chi connectivity index (χ2v) is 10.0. The van der Waals surface area contributed by atoms with E-state index in [-0.39, 0.29) is 18.7 Å². The number of nitrogens with two attached hydrogens (primary N) is 1. The molecule has 4 amide bonds. The van der Waals surface area contributed by atoms with Crippen LogP contribution in [0.3, 0.4) is 0 Å². The number of anilines is 1. The van der Waals surface area contributed by atoms with Crippen molar-refractivity contribution in [3.05, 3.63) is 24.3 Å². The van der Waals surface area contributed by atoms with Crippen LogP contribution in [-0.2, 0) is 19.2 Å². The zero-order valence-corrected chi connectivity index (χ0v) is 24.5. The van der Waals surface area contributed by atoms with Crippen molar-refractivity contribution in [2.75, 3.05) is 25.0 Å². The predicted octanol–water partition coefficient (Wildman–Crippen LogP) is 4.14. The van der Waals surface area contributed by atoms with Crippen molar-refractivity contribution in [3.63, 3.8) is 0 Å². The number of hydrogen-bond donors (Lipinski definition) is 5. The molecule has 40 heavy (non-hydrogen) atoms. The molecule has 0 aliphatic heterocycles. The SMILES string of the molecule is CCCCCCCCCCCCNC(=O)CCCOc1ccc(NC(NC(=O)CCC(N)=O)C(=O)NCC)cc1. The molecule has 226 valence electrons. The Kier molecular flexibility index (Phi) is 19.5. The zero-order chi connectivity index (χ0) is 29.4. The van der Waals surface area contributed by atoms with Crippen LogP contribution in [0.4, 0.5) is 5.69 Å². The lowest BCUT2D eigenvalue weighted by Crippen LogP contribution is -2.51. The molecule has 1 aromatic carbocycles. The molecule has 0 radical (unpaired) electrons. The Morgan fingerprint density at radius 2 is 1.38 bits per heavy atom. The number of carbonyl (C=O) groups excluding carboxylic acids is 4. The van der Waals surface area contributed by atoms with E-state index in [0.29, 0.717) is 37.4 Å². The molecule has 0 aliphatic carbocycles. The van der Waals surface area contributed by atoms with Gasteiger partial charge in [0, 0.05) is 38.0 Å². The molecule has 10 nitrogen and oxygen atoms in total. The van der Waals surface area contributed by atoms with Gasteiger partial charge in [-0.2, -0.15) is 0 Å². The topological polar surface area (TPSA) is 152 Å². The van der Waals surface area contributed by atoms with Gasteiger partial charge in [-0.15, -0.1) is 0 Å². The Bertz CT molecular complexity index is 863. The smallest absolute Gasteiger partial charge is 0.263 e. The molecule has 0 fully saturated rings. The largest absolute Gasteiger partial charge is 0.494 e. The van der Waals surface area contributed by atoms with Crippen molar-refractivity contribution in [1.29, 1.82) is 0 Å². The first kappa shape index (κ1) is 34.7. The molecule has 1 rings (SSSR count). The van der Waals surface area contributed by atoms with Crippen molar-refractivity contribution >= 4 is 29.3 Å². The van der Waals surface area contributed by atoms with Crippen molar-refractivity contribution in [2.24, 2.45) is 5.73 Å². The van der Waals surface area contributed by atoms with E-state index in [9.17, 15) is 19.2 Å². The number of primary amides is 1. The fourth-order valence-electron chi connectivity index (χ4n) is 4.08. The predicted molar refractivity (Wildman–Crippen MR) is 159 cm³/mol. The van der Waals surface area contributed by atoms with Crippen LogP contribution >= 0.6 is 0 Å². The Labute approximate surface area is 239 Å². The molecule has 0 saturated carbocycles. The van der Waals surface area contributed by atoms with E-state index in [1.165, 1.54) is 51.4 Å². The third kappa shape index (κ3) is 18.1. The fraction of sp³-hybridized carbons (Fsp3) is 0.667. The van der Waals surface area contributed by atoms with E-state index in [1.807, 2.05) is 0 Å². The highest BCUT2D eigenvalue weighted by atomic mass is 16.5. The third-order valence-corrected chi connectivity index (χ3v) is 6.35. The Morgan fingerprint density at radius 3 is 1.98 bits per heavy atom. The third-order valence-electron chi connectivity index (χ3n) is 6.35. The van der Waals surface area contributed by atoms with Gasteiger partial charge in [-0.25, -0.2) is 0 Å². The number of rotatable bonds is 24. The Morgan fingerprint density at radius 1 is 0.750 bits per heavy atom. The van der Waals surface area contributed by atoms with Crippen LogP contribution in [-0.4, -0.2) is 49.5 Å². The van der Waals surface area contributed by atoms with Crippen LogP contribution in [0.5, 0.6) is 5.75 Å². The molecule has 10 heteroatoms. The van der Waals surface area contributed by atoms with Gasteiger partial charge in [0.05, 0.1) is 6.61 Å². The first-order valence-electron chi connectivity index (χ1n) is 15.0. The van der Waals surface area contributed by atoms with Gasteiger partial charge in [-0.05, 0) is 44.0 Å². The number of ether oxygens (including phenoxy) is 1. The minimum Gasteiger partial charge on any atom is -0.494 e. The number of unbranched alkanes of at least 4 members (excludes halogenated alkanes) is 9. The fourth-order valence-corrected chi connectivity index (χ4v) is 4.08. The number of carbonyl (C=O) groups is 4. The molecule has 0 heterocycles. The second kappa shape index (κ2) is 22.5. The van der Waals surface area contributed by atoms with E-state index in [4.69, 9.17) is 10.5 Å². The minimum atomic E-state index is -1.01. The van der Waals surface area contributed by atoms with Crippen molar-refractivity contribution in [3.8, 4) is 5.75 Å². The summed E-state index contributed by atoms with van der Waals surface area (Å²) in [5, 5.41) is 11.2.